The van der Waals surface area contributed by atoms with Gasteiger partial charge in [0.05, 0.1) is 6.33 Å². The molecule has 2 aromatic rings. The highest BCUT2D eigenvalue weighted by atomic mass is 16.2. The predicted molar refractivity (Wildman–Crippen MR) is 99.9 cm³/mol. The van der Waals surface area contributed by atoms with Gasteiger partial charge in [-0.3, -0.25) is 14.6 Å². The van der Waals surface area contributed by atoms with Gasteiger partial charge in [0.2, 0.25) is 5.91 Å². The summed E-state index contributed by atoms with van der Waals surface area (Å²) in [6.07, 6.45) is 11.1. The summed E-state index contributed by atoms with van der Waals surface area (Å²) in [6, 6.07) is 3.54. The summed E-state index contributed by atoms with van der Waals surface area (Å²) in [5.41, 5.74) is 1.74. The maximum atomic E-state index is 12.9. The second-order valence-electron chi connectivity index (χ2n) is 7.71. The molecular formula is C20H25N5O2. The molecule has 0 aromatic carbocycles. The Morgan fingerprint density at radius 3 is 2.81 bits per heavy atom. The van der Waals surface area contributed by atoms with E-state index in [-0.39, 0.29) is 17.2 Å². The molecule has 7 nitrogen and oxygen atoms in total. The number of aromatic nitrogens is 3. The van der Waals surface area contributed by atoms with Crippen LogP contribution in [0.5, 0.6) is 0 Å². The minimum atomic E-state index is 0.0167. The molecule has 1 atom stereocenters. The quantitative estimate of drug-likeness (QED) is 0.895. The van der Waals surface area contributed by atoms with Crippen molar-refractivity contribution in [3.8, 4) is 0 Å². The van der Waals surface area contributed by atoms with E-state index in [2.05, 4.69) is 15.0 Å². The average Bonchev–Trinajstić information content (AvgIpc) is 3.23. The van der Waals surface area contributed by atoms with Crippen molar-refractivity contribution in [1.82, 2.24) is 24.8 Å². The molecule has 1 N–H and O–H groups in total. The lowest BCUT2D eigenvalue weighted by molar-refractivity contribution is -0.138. The van der Waals surface area contributed by atoms with E-state index in [1.807, 2.05) is 9.80 Å². The topological polar surface area (TPSA) is 82.2 Å². The number of rotatable bonds is 4. The van der Waals surface area contributed by atoms with Crippen LogP contribution in [0.2, 0.25) is 0 Å². The first-order valence-corrected chi connectivity index (χ1v) is 9.60. The van der Waals surface area contributed by atoms with Crippen LogP contribution in [0.3, 0.4) is 0 Å². The number of hydrogen-bond acceptors (Lipinski definition) is 4. The molecule has 0 bridgehead atoms. The van der Waals surface area contributed by atoms with Gasteiger partial charge in [-0.1, -0.05) is 0 Å². The van der Waals surface area contributed by atoms with Crippen molar-refractivity contribution in [3.63, 3.8) is 0 Å². The van der Waals surface area contributed by atoms with Gasteiger partial charge < -0.3 is 14.8 Å². The van der Waals surface area contributed by atoms with E-state index < -0.39 is 0 Å². The Kier molecular flexibility index (Phi) is 4.92. The van der Waals surface area contributed by atoms with Gasteiger partial charge in [-0.25, -0.2) is 4.98 Å². The molecule has 2 aromatic heterocycles. The van der Waals surface area contributed by atoms with E-state index in [9.17, 15) is 9.59 Å². The van der Waals surface area contributed by atoms with Crippen molar-refractivity contribution in [2.75, 3.05) is 26.2 Å². The van der Waals surface area contributed by atoms with Gasteiger partial charge in [0.25, 0.3) is 5.91 Å². The van der Waals surface area contributed by atoms with E-state index >= 15 is 0 Å². The summed E-state index contributed by atoms with van der Waals surface area (Å²) in [6.45, 7) is 2.94. The average molecular weight is 367 g/mol. The standard InChI is InChI=1S/C20H25N5O2/c26-18-2-7-20(13-24(18)11-5-17-12-22-15-23-17)6-1-10-25(14-20)19(27)16-3-8-21-9-4-16/h3-4,8-9,12,15H,1-2,5-7,10-11,13-14H2,(H,22,23)/t20-/m1/s1. The van der Waals surface area contributed by atoms with Crippen LogP contribution < -0.4 is 0 Å². The Balaban J connectivity index is 1.43. The Bertz CT molecular complexity index is 792. The fourth-order valence-corrected chi connectivity index (χ4v) is 4.37. The number of amides is 2. The van der Waals surface area contributed by atoms with Crippen molar-refractivity contribution in [2.24, 2.45) is 5.41 Å². The predicted octanol–water partition coefficient (Wildman–Crippen LogP) is 1.89. The molecule has 142 valence electrons. The van der Waals surface area contributed by atoms with E-state index in [1.165, 1.54) is 0 Å². The summed E-state index contributed by atoms with van der Waals surface area (Å²) >= 11 is 0. The van der Waals surface area contributed by atoms with Crippen LogP contribution in [0.4, 0.5) is 0 Å². The first-order valence-electron chi connectivity index (χ1n) is 9.60. The molecule has 0 aliphatic carbocycles. The first kappa shape index (κ1) is 17.7. The smallest absolute Gasteiger partial charge is 0.253 e. The third-order valence-electron chi connectivity index (χ3n) is 5.83. The number of nitrogens with one attached hydrogen (secondary N) is 1. The number of H-pyrrole nitrogens is 1. The molecule has 27 heavy (non-hydrogen) atoms. The highest BCUT2D eigenvalue weighted by Gasteiger charge is 2.42. The second kappa shape index (κ2) is 7.50. The Morgan fingerprint density at radius 2 is 2.04 bits per heavy atom. The fourth-order valence-electron chi connectivity index (χ4n) is 4.37. The van der Waals surface area contributed by atoms with Gasteiger partial charge >= 0.3 is 0 Å². The minimum Gasteiger partial charge on any atom is -0.348 e. The van der Waals surface area contributed by atoms with Gasteiger partial charge in [0.15, 0.2) is 0 Å². The molecule has 0 saturated carbocycles. The molecule has 2 amide bonds. The minimum absolute atomic E-state index is 0.0167. The summed E-state index contributed by atoms with van der Waals surface area (Å²) < 4.78 is 0. The largest absolute Gasteiger partial charge is 0.348 e. The lowest BCUT2D eigenvalue weighted by Crippen LogP contribution is -2.55. The highest BCUT2D eigenvalue weighted by Crippen LogP contribution is 2.39. The van der Waals surface area contributed by atoms with E-state index in [0.29, 0.717) is 18.5 Å². The second-order valence-corrected chi connectivity index (χ2v) is 7.71. The lowest BCUT2D eigenvalue weighted by atomic mass is 9.73. The van der Waals surface area contributed by atoms with E-state index in [1.54, 1.807) is 37.1 Å². The monoisotopic (exact) mass is 367 g/mol. The SMILES string of the molecule is O=C1CC[C@]2(CCCN(C(=O)c3ccncc3)C2)CN1CCc1cnc[nH]1. The van der Waals surface area contributed by atoms with Crippen LogP contribution >= 0.6 is 0 Å². The van der Waals surface area contributed by atoms with Gasteiger partial charge in [0.1, 0.15) is 0 Å². The molecule has 2 fully saturated rings. The molecule has 2 aliphatic heterocycles. The van der Waals surface area contributed by atoms with Crippen LogP contribution in [-0.4, -0.2) is 62.7 Å². The number of likely N-dealkylation sites (tertiary alicyclic amines) is 2. The zero-order chi connectivity index (χ0) is 18.7. The molecule has 0 radical (unpaired) electrons. The number of pyridine rings is 1. The van der Waals surface area contributed by atoms with Crippen molar-refractivity contribution in [1.29, 1.82) is 0 Å². The molecule has 4 rings (SSSR count). The van der Waals surface area contributed by atoms with Crippen LogP contribution in [-0.2, 0) is 11.2 Å². The maximum absolute atomic E-state index is 12.9. The van der Waals surface area contributed by atoms with Crippen molar-refractivity contribution in [3.05, 3.63) is 48.3 Å². The maximum Gasteiger partial charge on any atom is 0.253 e. The van der Waals surface area contributed by atoms with Crippen molar-refractivity contribution < 1.29 is 9.59 Å². The lowest BCUT2D eigenvalue weighted by Gasteiger charge is -2.48. The van der Waals surface area contributed by atoms with Crippen LogP contribution in [0.1, 0.15) is 41.7 Å². The van der Waals surface area contributed by atoms with Gasteiger partial charge in [-0.2, -0.15) is 0 Å². The normalized spacial score (nSPS) is 23.0. The Labute approximate surface area is 158 Å². The molecule has 2 aliphatic rings. The number of piperidine rings is 2. The van der Waals surface area contributed by atoms with Gasteiger partial charge in [0, 0.05) is 74.3 Å². The number of hydrogen-bond donors (Lipinski definition) is 1. The summed E-state index contributed by atoms with van der Waals surface area (Å²) in [5, 5.41) is 0. The molecule has 1 spiro atoms. The third-order valence-corrected chi connectivity index (χ3v) is 5.83. The van der Waals surface area contributed by atoms with Crippen LogP contribution in [0, 0.1) is 5.41 Å². The number of aromatic amines is 1. The van der Waals surface area contributed by atoms with Gasteiger partial charge in [-0.05, 0) is 31.4 Å². The molecule has 2 saturated heterocycles. The van der Waals surface area contributed by atoms with E-state index in [4.69, 9.17) is 0 Å². The number of carbonyl (C=O) groups is 2. The summed E-state index contributed by atoms with van der Waals surface area (Å²) in [4.78, 5) is 40.4. The highest BCUT2D eigenvalue weighted by molar-refractivity contribution is 5.94. The number of imidazole rings is 1. The van der Waals surface area contributed by atoms with Crippen molar-refractivity contribution >= 4 is 11.8 Å². The molecule has 7 heteroatoms. The molecular weight excluding hydrogens is 342 g/mol. The number of carbonyl (C=O) groups excluding carboxylic acids is 2. The first-order chi connectivity index (χ1) is 13.2. The van der Waals surface area contributed by atoms with Gasteiger partial charge in [-0.15, -0.1) is 0 Å². The Morgan fingerprint density at radius 1 is 1.19 bits per heavy atom. The molecule has 0 unspecified atom stereocenters. The van der Waals surface area contributed by atoms with Crippen LogP contribution in [0.15, 0.2) is 37.1 Å². The molecule has 4 heterocycles. The fraction of sp³-hybridized carbons (Fsp3) is 0.500. The van der Waals surface area contributed by atoms with Crippen molar-refractivity contribution in [2.45, 2.75) is 32.1 Å². The number of nitrogens with zero attached hydrogens (tertiary/aromatic N) is 4. The Hall–Kier alpha value is -2.70. The third kappa shape index (κ3) is 3.86. The van der Waals surface area contributed by atoms with Crippen LogP contribution in [0.25, 0.3) is 0 Å². The zero-order valence-corrected chi connectivity index (χ0v) is 15.4. The summed E-state index contributed by atoms with van der Waals surface area (Å²) in [7, 11) is 0. The summed E-state index contributed by atoms with van der Waals surface area (Å²) in [5.74, 6) is 0.287. The zero-order valence-electron chi connectivity index (χ0n) is 15.4. The van der Waals surface area contributed by atoms with E-state index in [0.717, 1.165) is 51.0 Å².